The molecule has 20 heavy (non-hydrogen) atoms. The Bertz CT molecular complexity index is 622. The fourth-order valence-electron chi connectivity index (χ4n) is 1.88. The molecule has 1 aromatic carbocycles. The molecule has 1 heterocycles. The summed E-state index contributed by atoms with van der Waals surface area (Å²) in [5, 5.41) is 10.9. The Hall–Kier alpha value is -2.14. The van der Waals surface area contributed by atoms with Gasteiger partial charge >= 0.3 is 5.97 Å². The third-order valence-electron chi connectivity index (χ3n) is 3.21. The number of carbonyl (C=O) groups is 2. The maximum Gasteiger partial charge on any atom is 0.335 e. The van der Waals surface area contributed by atoms with Gasteiger partial charge in [-0.05, 0) is 36.6 Å². The van der Waals surface area contributed by atoms with Crippen molar-refractivity contribution in [3.8, 4) is 0 Å². The highest BCUT2D eigenvalue weighted by Gasteiger charge is 2.20. The molecule has 0 spiro atoms. The van der Waals surface area contributed by atoms with Gasteiger partial charge < -0.3 is 10.0 Å². The summed E-state index contributed by atoms with van der Waals surface area (Å²) in [6, 6.07) is 9.97. The quantitative estimate of drug-likeness (QED) is 0.939. The monoisotopic (exact) mass is 289 g/mol. The highest BCUT2D eigenvalue weighted by molar-refractivity contribution is 7.10. The predicted octanol–water partition coefficient (Wildman–Crippen LogP) is 3.28. The molecule has 4 nitrogen and oxygen atoms in total. The van der Waals surface area contributed by atoms with Gasteiger partial charge in [0.15, 0.2) is 0 Å². The molecule has 104 valence electrons. The first kappa shape index (κ1) is 14.3. The van der Waals surface area contributed by atoms with Crippen molar-refractivity contribution in [1.82, 2.24) is 4.90 Å². The second-order valence-electron chi connectivity index (χ2n) is 4.49. The van der Waals surface area contributed by atoms with Crippen LogP contribution < -0.4 is 0 Å². The van der Waals surface area contributed by atoms with E-state index in [1.54, 1.807) is 35.4 Å². The van der Waals surface area contributed by atoms with E-state index in [1.165, 1.54) is 12.1 Å². The smallest absolute Gasteiger partial charge is 0.335 e. The molecule has 2 aromatic rings. The molecule has 1 N–H and O–H groups in total. The second-order valence-corrected chi connectivity index (χ2v) is 5.47. The zero-order valence-electron chi connectivity index (χ0n) is 11.2. The van der Waals surface area contributed by atoms with Crippen molar-refractivity contribution in [1.29, 1.82) is 0 Å². The van der Waals surface area contributed by atoms with Gasteiger partial charge in [-0.2, -0.15) is 0 Å². The number of carboxylic acids is 1. The normalized spacial score (nSPS) is 11.9. The molecule has 0 radical (unpaired) electrons. The van der Waals surface area contributed by atoms with E-state index in [0.717, 1.165) is 4.88 Å². The molecular weight excluding hydrogens is 274 g/mol. The minimum atomic E-state index is -1.03. The lowest BCUT2D eigenvalue weighted by molar-refractivity contribution is 0.0697. The summed E-state index contributed by atoms with van der Waals surface area (Å²) in [5.74, 6) is -1.22. The minimum Gasteiger partial charge on any atom is -0.478 e. The van der Waals surface area contributed by atoms with Gasteiger partial charge in [0.2, 0.25) is 0 Å². The molecule has 1 amide bonds. The van der Waals surface area contributed by atoms with E-state index >= 15 is 0 Å². The van der Waals surface area contributed by atoms with Gasteiger partial charge in [0, 0.05) is 17.5 Å². The number of hydrogen-bond acceptors (Lipinski definition) is 3. The topological polar surface area (TPSA) is 57.6 Å². The number of carboxylic acid groups (broad SMARTS) is 1. The van der Waals surface area contributed by atoms with Gasteiger partial charge in [-0.1, -0.05) is 12.1 Å². The van der Waals surface area contributed by atoms with Gasteiger partial charge in [0.1, 0.15) is 0 Å². The van der Waals surface area contributed by atoms with Crippen LogP contribution in [0.4, 0.5) is 0 Å². The number of benzene rings is 1. The molecule has 0 aliphatic carbocycles. The zero-order valence-corrected chi connectivity index (χ0v) is 12.1. The molecule has 0 saturated carbocycles. The fraction of sp³-hybridized carbons (Fsp3) is 0.200. The Morgan fingerprint density at radius 2 is 1.90 bits per heavy atom. The third-order valence-corrected chi connectivity index (χ3v) is 4.26. The number of amides is 1. The molecule has 0 aliphatic heterocycles. The Kier molecular flexibility index (Phi) is 4.20. The molecule has 1 atom stereocenters. The van der Waals surface area contributed by atoms with Crippen LogP contribution in [0.2, 0.25) is 0 Å². The summed E-state index contributed by atoms with van der Waals surface area (Å²) in [4.78, 5) is 26.0. The number of aromatic carboxylic acids is 1. The van der Waals surface area contributed by atoms with Crippen LogP contribution in [-0.4, -0.2) is 28.9 Å². The fourth-order valence-corrected chi connectivity index (χ4v) is 2.71. The SMILES string of the molecule is CC(c1cccs1)N(C)C(=O)c1cccc(C(=O)O)c1. The first-order chi connectivity index (χ1) is 9.50. The maximum absolute atomic E-state index is 12.4. The van der Waals surface area contributed by atoms with Crippen LogP contribution in [0.15, 0.2) is 41.8 Å². The van der Waals surface area contributed by atoms with Gasteiger partial charge in [-0.3, -0.25) is 4.79 Å². The molecule has 0 fully saturated rings. The first-order valence-electron chi connectivity index (χ1n) is 6.14. The Balaban J connectivity index is 2.22. The zero-order chi connectivity index (χ0) is 14.7. The maximum atomic E-state index is 12.4. The Labute approximate surface area is 121 Å². The van der Waals surface area contributed by atoms with Gasteiger partial charge in [-0.15, -0.1) is 11.3 Å². The van der Waals surface area contributed by atoms with E-state index in [9.17, 15) is 9.59 Å². The summed E-state index contributed by atoms with van der Waals surface area (Å²) >= 11 is 1.59. The third kappa shape index (κ3) is 2.88. The standard InChI is InChI=1S/C15H15NO3S/c1-10(13-7-4-8-20-13)16(2)14(17)11-5-3-6-12(9-11)15(18)19/h3-10H,1-2H3,(H,18,19). The van der Waals surface area contributed by atoms with Crippen molar-refractivity contribution in [3.63, 3.8) is 0 Å². The van der Waals surface area contributed by atoms with Crippen LogP contribution in [0.1, 0.15) is 38.6 Å². The van der Waals surface area contributed by atoms with Crippen molar-refractivity contribution >= 4 is 23.2 Å². The van der Waals surface area contributed by atoms with Crippen LogP contribution >= 0.6 is 11.3 Å². The van der Waals surface area contributed by atoms with Crippen LogP contribution in [0.25, 0.3) is 0 Å². The first-order valence-corrected chi connectivity index (χ1v) is 7.02. The number of thiophene rings is 1. The highest BCUT2D eigenvalue weighted by Crippen LogP contribution is 2.24. The van der Waals surface area contributed by atoms with E-state index in [1.807, 2.05) is 24.4 Å². The van der Waals surface area contributed by atoms with Gasteiger partial charge in [0.25, 0.3) is 5.91 Å². The summed E-state index contributed by atoms with van der Waals surface area (Å²) < 4.78 is 0. The van der Waals surface area contributed by atoms with Crippen LogP contribution in [0, 0.1) is 0 Å². The lowest BCUT2D eigenvalue weighted by atomic mass is 10.1. The number of nitrogens with zero attached hydrogens (tertiary/aromatic N) is 1. The van der Waals surface area contributed by atoms with Crippen LogP contribution in [0.3, 0.4) is 0 Å². The Morgan fingerprint density at radius 3 is 2.50 bits per heavy atom. The number of carbonyl (C=O) groups excluding carboxylic acids is 1. The summed E-state index contributed by atoms with van der Waals surface area (Å²) in [5.41, 5.74) is 0.504. The highest BCUT2D eigenvalue weighted by atomic mass is 32.1. The predicted molar refractivity (Wildman–Crippen MR) is 78.2 cm³/mol. The summed E-state index contributed by atoms with van der Waals surface area (Å²) in [7, 11) is 1.72. The molecular formula is C15H15NO3S. The average molecular weight is 289 g/mol. The second kappa shape index (κ2) is 5.88. The lowest BCUT2D eigenvalue weighted by Gasteiger charge is -2.24. The molecule has 1 aromatic heterocycles. The van der Waals surface area contributed by atoms with Crippen molar-refractivity contribution in [2.75, 3.05) is 7.05 Å². The van der Waals surface area contributed by atoms with Crippen molar-refractivity contribution < 1.29 is 14.7 Å². The van der Waals surface area contributed by atoms with E-state index in [0.29, 0.717) is 5.56 Å². The van der Waals surface area contributed by atoms with E-state index < -0.39 is 5.97 Å². The largest absolute Gasteiger partial charge is 0.478 e. The van der Waals surface area contributed by atoms with E-state index in [-0.39, 0.29) is 17.5 Å². The van der Waals surface area contributed by atoms with Crippen molar-refractivity contribution in [3.05, 3.63) is 57.8 Å². The van der Waals surface area contributed by atoms with E-state index in [4.69, 9.17) is 5.11 Å². The summed E-state index contributed by atoms with van der Waals surface area (Å²) in [6.07, 6.45) is 0. The van der Waals surface area contributed by atoms with Crippen LogP contribution in [0.5, 0.6) is 0 Å². The van der Waals surface area contributed by atoms with Crippen molar-refractivity contribution in [2.24, 2.45) is 0 Å². The lowest BCUT2D eigenvalue weighted by Crippen LogP contribution is -2.29. The molecule has 5 heteroatoms. The molecule has 0 saturated heterocycles. The molecule has 0 aliphatic rings. The number of hydrogen-bond donors (Lipinski definition) is 1. The minimum absolute atomic E-state index is 0.0454. The molecule has 2 rings (SSSR count). The van der Waals surface area contributed by atoms with Gasteiger partial charge in [0.05, 0.1) is 11.6 Å². The molecule has 1 unspecified atom stereocenters. The van der Waals surface area contributed by atoms with Crippen LogP contribution in [-0.2, 0) is 0 Å². The Morgan fingerprint density at radius 1 is 1.20 bits per heavy atom. The molecule has 0 bridgehead atoms. The number of rotatable bonds is 4. The average Bonchev–Trinajstić information content (AvgIpc) is 2.99. The van der Waals surface area contributed by atoms with Crippen molar-refractivity contribution in [2.45, 2.75) is 13.0 Å². The summed E-state index contributed by atoms with van der Waals surface area (Å²) in [6.45, 7) is 1.95. The van der Waals surface area contributed by atoms with Gasteiger partial charge in [-0.25, -0.2) is 4.79 Å². The van der Waals surface area contributed by atoms with E-state index in [2.05, 4.69) is 0 Å².